The zero-order valence-corrected chi connectivity index (χ0v) is 12.3. The van der Waals surface area contributed by atoms with Crippen LogP contribution in [0.5, 0.6) is 0 Å². The molecule has 0 aromatic carbocycles. The average Bonchev–Trinajstić information content (AvgIpc) is 2.46. The molecule has 110 valence electrons. The molecule has 19 heavy (non-hydrogen) atoms. The van der Waals surface area contributed by atoms with Gasteiger partial charge in [0, 0.05) is 17.4 Å². The minimum Gasteiger partial charge on any atom is -0.396 e. The van der Waals surface area contributed by atoms with E-state index >= 15 is 0 Å². The van der Waals surface area contributed by atoms with E-state index in [1.165, 1.54) is 38.5 Å². The van der Waals surface area contributed by atoms with E-state index in [2.05, 4.69) is 12.2 Å². The Hall–Kier alpha value is -0.570. The summed E-state index contributed by atoms with van der Waals surface area (Å²) in [4.78, 5) is 12.4. The zero-order chi connectivity index (χ0) is 13.8. The van der Waals surface area contributed by atoms with Crippen LogP contribution >= 0.6 is 0 Å². The predicted molar refractivity (Wildman–Crippen MR) is 76.8 cm³/mol. The lowest BCUT2D eigenvalue weighted by atomic mass is 9.73. The average molecular weight is 267 g/mol. The standard InChI is InChI=1S/C16H29NO2/c1-15(8-4-2-5-9-15)14(19)17-12-16(13-18)10-6-3-7-11-16/h18H,2-13H2,1H3,(H,17,19). The highest BCUT2D eigenvalue weighted by atomic mass is 16.3. The summed E-state index contributed by atoms with van der Waals surface area (Å²) in [6.07, 6.45) is 11.4. The molecular formula is C16H29NO2. The molecular weight excluding hydrogens is 238 g/mol. The van der Waals surface area contributed by atoms with Crippen molar-refractivity contribution in [1.29, 1.82) is 0 Å². The molecule has 0 aliphatic heterocycles. The second kappa shape index (κ2) is 6.25. The Morgan fingerprint density at radius 3 is 2.05 bits per heavy atom. The van der Waals surface area contributed by atoms with E-state index in [4.69, 9.17) is 0 Å². The molecule has 2 N–H and O–H groups in total. The lowest BCUT2D eigenvalue weighted by Crippen LogP contribution is -2.47. The van der Waals surface area contributed by atoms with Crippen LogP contribution in [0.2, 0.25) is 0 Å². The van der Waals surface area contributed by atoms with Gasteiger partial charge in [-0.1, -0.05) is 45.4 Å². The predicted octanol–water partition coefficient (Wildman–Crippen LogP) is 3.02. The van der Waals surface area contributed by atoms with Crippen LogP contribution in [0.15, 0.2) is 0 Å². The smallest absolute Gasteiger partial charge is 0.225 e. The van der Waals surface area contributed by atoms with Crippen LogP contribution in [0.1, 0.15) is 71.1 Å². The maximum atomic E-state index is 12.4. The lowest BCUT2D eigenvalue weighted by Gasteiger charge is -2.38. The first-order chi connectivity index (χ1) is 9.10. The maximum absolute atomic E-state index is 12.4. The van der Waals surface area contributed by atoms with Crippen molar-refractivity contribution >= 4 is 5.91 Å². The Bertz CT molecular complexity index is 302. The minimum atomic E-state index is -0.163. The Morgan fingerprint density at radius 2 is 1.53 bits per heavy atom. The molecule has 0 unspecified atom stereocenters. The monoisotopic (exact) mass is 267 g/mol. The fourth-order valence-electron chi connectivity index (χ4n) is 3.73. The van der Waals surface area contributed by atoms with E-state index in [0.717, 1.165) is 25.7 Å². The summed E-state index contributed by atoms with van der Waals surface area (Å²) in [6.45, 7) is 2.98. The highest BCUT2D eigenvalue weighted by Gasteiger charge is 2.37. The fourth-order valence-corrected chi connectivity index (χ4v) is 3.73. The number of rotatable bonds is 4. The molecule has 2 aliphatic rings. The fraction of sp³-hybridized carbons (Fsp3) is 0.938. The molecule has 2 rings (SSSR count). The highest BCUT2D eigenvalue weighted by molar-refractivity contribution is 5.82. The van der Waals surface area contributed by atoms with Crippen LogP contribution in [-0.4, -0.2) is 24.2 Å². The van der Waals surface area contributed by atoms with Gasteiger partial charge in [-0.15, -0.1) is 0 Å². The van der Waals surface area contributed by atoms with Gasteiger partial charge in [0.2, 0.25) is 5.91 Å². The van der Waals surface area contributed by atoms with Crippen molar-refractivity contribution in [2.75, 3.05) is 13.2 Å². The summed E-state index contributed by atoms with van der Waals surface area (Å²) in [6, 6.07) is 0. The number of carbonyl (C=O) groups excluding carboxylic acids is 1. The quantitative estimate of drug-likeness (QED) is 0.822. The van der Waals surface area contributed by atoms with Crippen molar-refractivity contribution in [3.63, 3.8) is 0 Å². The van der Waals surface area contributed by atoms with Gasteiger partial charge in [0.1, 0.15) is 0 Å². The molecule has 0 aromatic rings. The lowest BCUT2D eigenvalue weighted by molar-refractivity contribution is -0.132. The SMILES string of the molecule is CC1(C(=O)NCC2(CO)CCCCC2)CCCCC1. The van der Waals surface area contributed by atoms with Crippen LogP contribution in [0, 0.1) is 10.8 Å². The van der Waals surface area contributed by atoms with Gasteiger partial charge in [-0.25, -0.2) is 0 Å². The molecule has 0 atom stereocenters. The number of carbonyl (C=O) groups is 1. The Kier molecular flexibility index (Phi) is 4.88. The van der Waals surface area contributed by atoms with Gasteiger partial charge in [-0.3, -0.25) is 4.79 Å². The second-order valence-electron chi connectivity index (χ2n) is 7.02. The summed E-state index contributed by atoms with van der Waals surface area (Å²) in [7, 11) is 0. The summed E-state index contributed by atoms with van der Waals surface area (Å²) in [5.74, 6) is 0.214. The van der Waals surface area contributed by atoms with E-state index < -0.39 is 0 Å². The third-order valence-electron chi connectivity index (χ3n) is 5.38. The molecule has 0 saturated heterocycles. The van der Waals surface area contributed by atoms with Crippen LogP contribution < -0.4 is 5.32 Å². The number of hydrogen-bond acceptors (Lipinski definition) is 2. The molecule has 0 spiro atoms. The van der Waals surface area contributed by atoms with Gasteiger partial charge < -0.3 is 10.4 Å². The summed E-state index contributed by atoms with van der Waals surface area (Å²) < 4.78 is 0. The molecule has 0 radical (unpaired) electrons. The van der Waals surface area contributed by atoms with E-state index in [-0.39, 0.29) is 23.3 Å². The number of hydrogen-bond donors (Lipinski definition) is 2. The van der Waals surface area contributed by atoms with Gasteiger partial charge in [0.05, 0.1) is 6.61 Å². The van der Waals surface area contributed by atoms with Crippen molar-refractivity contribution in [2.45, 2.75) is 71.1 Å². The van der Waals surface area contributed by atoms with Gasteiger partial charge >= 0.3 is 0 Å². The Balaban J connectivity index is 1.87. The van der Waals surface area contributed by atoms with Crippen LogP contribution in [0.3, 0.4) is 0 Å². The van der Waals surface area contributed by atoms with Crippen LogP contribution in [0.4, 0.5) is 0 Å². The molecule has 1 amide bonds. The normalized spacial score (nSPS) is 25.8. The summed E-state index contributed by atoms with van der Waals surface area (Å²) >= 11 is 0. The maximum Gasteiger partial charge on any atom is 0.225 e. The van der Waals surface area contributed by atoms with E-state index in [0.29, 0.717) is 6.54 Å². The van der Waals surface area contributed by atoms with E-state index in [1.807, 2.05) is 0 Å². The highest BCUT2D eigenvalue weighted by Crippen LogP contribution is 2.38. The van der Waals surface area contributed by atoms with E-state index in [1.54, 1.807) is 0 Å². The molecule has 0 bridgehead atoms. The van der Waals surface area contributed by atoms with Crippen molar-refractivity contribution in [1.82, 2.24) is 5.32 Å². The first-order valence-electron chi connectivity index (χ1n) is 8.00. The minimum absolute atomic E-state index is 0.0427. The van der Waals surface area contributed by atoms with Gasteiger partial charge in [-0.05, 0) is 25.7 Å². The number of aliphatic hydroxyl groups is 1. The van der Waals surface area contributed by atoms with Gasteiger partial charge in [-0.2, -0.15) is 0 Å². The Morgan fingerprint density at radius 1 is 1.00 bits per heavy atom. The van der Waals surface area contributed by atoms with Crippen molar-refractivity contribution in [3.8, 4) is 0 Å². The Labute approximate surface area is 117 Å². The molecule has 3 heteroatoms. The number of amides is 1. The molecule has 2 saturated carbocycles. The largest absolute Gasteiger partial charge is 0.396 e. The second-order valence-corrected chi connectivity index (χ2v) is 7.02. The molecule has 3 nitrogen and oxygen atoms in total. The number of nitrogens with one attached hydrogen (secondary N) is 1. The van der Waals surface area contributed by atoms with Crippen LogP contribution in [0.25, 0.3) is 0 Å². The molecule has 2 fully saturated rings. The zero-order valence-electron chi connectivity index (χ0n) is 12.3. The summed E-state index contributed by atoms with van der Waals surface area (Å²) in [5.41, 5.74) is -0.206. The van der Waals surface area contributed by atoms with Crippen molar-refractivity contribution in [2.24, 2.45) is 10.8 Å². The topological polar surface area (TPSA) is 49.3 Å². The first kappa shape index (κ1) is 14.8. The van der Waals surface area contributed by atoms with Crippen LogP contribution in [-0.2, 0) is 4.79 Å². The number of aliphatic hydroxyl groups excluding tert-OH is 1. The van der Waals surface area contributed by atoms with Gasteiger partial charge in [0.25, 0.3) is 0 Å². The third-order valence-corrected chi connectivity index (χ3v) is 5.38. The summed E-state index contributed by atoms with van der Waals surface area (Å²) in [5, 5.41) is 12.8. The van der Waals surface area contributed by atoms with Crippen molar-refractivity contribution in [3.05, 3.63) is 0 Å². The first-order valence-corrected chi connectivity index (χ1v) is 8.00. The van der Waals surface area contributed by atoms with E-state index in [9.17, 15) is 9.90 Å². The molecule has 0 aromatic heterocycles. The van der Waals surface area contributed by atoms with Crippen molar-refractivity contribution < 1.29 is 9.90 Å². The van der Waals surface area contributed by atoms with Gasteiger partial charge in [0.15, 0.2) is 0 Å². The molecule has 0 heterocycles. The third kappa shape index (κ3) is 3.50. The molecule has 2 aliphatic carbocycles.